The molecule has 0 aromatic carbocycles. The van der Waals surface area contributed by atoms with Crippen molar-refractivity contribution in [1.29, 1.82) is 5.26 Å². The van der Waals surface area contributed by atoms with Gasteiger partial charge in [0.05, 0.1) is 11.2 Å². The van der Waals surface area contributed by atoms with Crippen LogP contribution in [-0.4, -0.2) is 53.2 Å². The lowest BCUT2D eigenvalue weighted by Gasteiger charge is -2.33. The number of fused-ring (bicyclic) bond motifs is 1. The molecule has 0 N–H and O–H groups in total. The zero-order valence-electron chi connectivity index (χ0n) is 16.2. The van der Waals surface area contributed by atoms with Crippen molar-refractivity contribution >= 4 is 51.3 Å². The van der Waals surface area contributed by atoms with Crippen LogP contribution in [0.4, 0.5) is 5.82 Å². The number of aromatic nitrogens is 2. The van der Waals surface area contributed by atoms with E-state index in [0.29, 0.717) is 34.9 Å². The summed E-state index contributed by atoms with van der Waals surface area (Å²) in [4.78, 5) is 6.26. The lowest BCUT2D eigenvalue weighted by Crippen LogP contribution is -2.44. The highest BCUT2D eigenvalue weighted by atomic mass is 35.5. The molecule has 3 rings (SSSR count). The normalized spacial score (nSPS) is 22.0. The third-order valence-corrected chi connectivity index (χ3v) is 7.73. The van der Waals surface area contributed by atoms with Crippen LogP contribution in [0.5, 0.6) is 0 Å². The van der Waals surface area contributed by atoms with Crippen molar-refractivity contribution in [1.82, 2.24) is 9.38 Å². The maximum atomic E-state index is 12.4. The number of anilines is 1. The first-order valence-electron chi connectivity index (χ1n) is 8.81. The molecule has 3 heterocycles. The Morgan fingerprint density at radius 3 is 2.86 bits per heavy atom. The van der Waals surface area contributed by atoms with Crippen LogP contribution in [0.3, 0.4) is 0 Å². The first-order valence-corrected chi connectivity index (χ1v) is 11.7. The Kier molecular flexibility index (Phi) is 6.05. The fourth-order valence-electron chi connectivity index (χ4n) is 3.00. The monoisotopic (exact) mass is 439 g/mol. The number of hydrogen-bond donors (Lipinski definition) is 0. The average Bonchev–Trinajstić information content (AvgIpc) is 3.06. The van der Waals surface area contributed by atoms with Crippen LogP contribution in [0.15, 0.2) is 16.8 Å². The third-order valence-electron chi connectivity index (χ3n) is 4.47. The number of pyridine rings is 1. The zero-order valence-corrected chi connectivity index (χ0v) is 18.6. The van der Waals surface area contributed by atoms with E-state index in [-0.39, 0.29) is 10.9 Å². The van der Waals surface area contributed by atoms with Gasteiger partial charge in [-0.15, -0.1) is 0 Å². The number of hydrogen-bond acceptors (Lipinski definition) is 6. The lowest BCUT2D eigenvalue weighted by atomic mass is 10.2. The van der Waals surface area contributed by atoms with Gasteiger partial charge in [-0.05, 0) is 33.8 Å². The standard InChI is InChI=1S/C18H22ClN5O2S2/c1-12-10-23(5-6-27(12)25)17-13(9-22-28(26)18(2,3)4)7-14(19)16-15(8-20)21-11-24(16)17/h7,9,11-12H,5-6,10H2,1-4H3. The second-order valence-corrected chi connectivity index (χ2v) is 11.9. The molecule has 1 fully saturated rings. The fourth-order valence-corrected chi connectivity index (χ4v) is 4.97. The first kappa shape index (κ1) is 21.1. The molecule has 3 atom stereocenters. The lowest BCUT2D eigenvalue weighted by molar-refractivity contribution is 0.562. The molecule has 10 heteroatoms. The van der Waals surface area contributed by atoms with Crippen LogP contribution in [0.1, 0.15) is 39.0 Å². The Bertz CT molecular complexity index is 992. The second kappa shape index (κ2) is 8.03. The number of halogens is 1. The van der Waals surface area contributed by atoms with Gasteiger partial charge in [0.1, 0.15) is 39.8 Å². The number of imidazole rings is 1. The summed E-state index contributed by atoms with van der Waals surface area (Å²) in [5.41, 5.74) is 1.44. The van der Waals surface area contributed by atoms with Crippen molar-refractivity contribution in [3.8, 4) is 6.07 Å². The van der Waals surface area contributed by atoms with Crippen LogP contribution in [0.2, 0.25) is 5.02 Å². The van der Waals surface area contributed by atoms with Crippen molar-refractivity contribution < 1.29 is 8.76 Å². The van der Waals surface area contributed by atoms with E-state index in [0.717, 1.165) is 5.82 Å². The van der Waals surface area contributed by atoms with Crippen LogP contribution >= 0.6 is 11.6 Å². The fraction of sp³-hybridized carbons (Fsp3) is 0.500. The summed E-state index contributed by atoms with van der Waals surface area (Å²) in [6, 6.07) is 3.78. The van der Waals surface area contributed by atoms with E-state index in [2.05, 4.69) is 20.4 Å². The van der Waals surface area contributed by atoms with Gasteiger partial charge >= 0.3 is 0 Å². The Labute approximate surface area is 175 Å². The maximum absolute atomic E-state index is 12.4. The average molecular weight is 440 g/mol. The Morgan fingerprint density at radius 1 is 1.54 bits per heavy atom. The predicted molar refractivity (Wildman–Crippen MR) is 115 cm³/mol. The Hall–Kier alpha value is -1.60. The highest BCUT2D eigenvalue weighted by Gasteiger charge is 2.29. The molecule has 0 aliphatic carbocycles. The number of nitriles is 1. The minimum absolute atomic E-state index is 0.00642. The molecule has 1 aliphatic heterocycles. The van der Waals surface area contributed by atoms with E-state index in [9.17, 15) is 14.0 Å². The Balaban J connectivity index is 2.16. The van der Waals surface area contributed by atoms with Crippen molar-refractivity contribution in [2.75, 3.05) is 23.7 Å². The molecule has 1 saturated heterocycles. The third kappa shape index (κ3) is 4.06. The maximum Gasteiger partial charge on any atom is 0.167 e. The predicted octanol–water partition coefficient (Wildman–Crippen LogP) is 2.70. The van der Waals surface area contributed by atoms with E-state index in [1.165, 1.54) is 0 Å². The van der Waals surface area contributed by atoms with Gasteiger partial charge in [-0.25, -0.2) is 4.98 Å². The topological polar surface area (TPSA) is 96.8 Å². The summed E-state index contributed by atoms with van der Waals surface area (Å²) in [7, 11) is -0.871. The van der Waals surface area contributed by atoms with E-state index in [4.69, 9.17) is 11.6 Å². The van der Waals surface area contributed by atoms with Crippen molar-refractivity contribution in [2.45, 2.75) is 37.7 Å². The summed E-state index contributed by atoms with van der Waals surface area (Å²) < 4.78 is 30.0. The molecule has 150 valence electrons. The molecule has 0 amide bonds. The quantitative estimate of drug-likeness (QED) is 0.541. The van der Waals surface area contributed by atoms with Crippen LogP contribution < -0.4 is 4.90 Å². The van der Waals surface area contributed by atoms with E-state index >= 15 is 0 Å². The molecular weight excluding hydrogens is 418 g/mol. The summed E-state index contributed by atoms with van der Waals surface area (Å²) in [6.45, 7) is 8.70. The molecule has 0 radical (unpaired) electrons. The number of rotatable bonds is 3. The van der Waals surface area contributed by atoms with Crippen molar-refractivity contribution in [2.24, 2.45) is 4.40 Å². The summed E-state index contributed by atoms with van der Waals surface area (Å²) in [6.07, 6.45) is 3.12. The first-order chi connectivity index (χ1) is 13.1. The van der Waals surface area contributed by atoms with Gasteiger partial charge in [0.2, 0.25) is 0 Å². The van der Waals surface area contributed by atoms with Gasteiger partial charge in [-0.3, -0.25) is 8.61 Å². The Morgan fingerprint density at radius 2 is 2.25 bits per heavy atom. The van der Waals surface area contributed by atoms with Crippen LogP contribution in [0.25, 0.3) is 5.52 Å². The van der Waals surface area contributed by atoms with Crippen molar-refractivity contribution in [3.63, 3.8) is 0 Å². The summed E-state index contributed by atoms with van der Waals surface area (Å²) in [5.74, 6) is 1.31. The van der Waals surface area contributed by atoms with Crippen LogP contribution in [0, 0.1) is 11.3 Å². The van der Waals surface area contributed by atoms with E-state index < -0.39 is 26.9 Å². The molecular formula is C18H22ClN5O2S2. The van der Waals surface area contributed by atoms with E-state index in [1.807, 2.05) is 27.7 Å². The summed E-state index contributed by atoms with van der Waals surface area (Å²) in [5, 5.41) is 9.73. The molecule has 1 aliphatic rings. The zero-order chi connectivity index (χ0) is 20.6. The van der Waals surface area contributed by atoms with Gasteiger partial charge in [0.25, 0.3) is 0 Å². The number of nitrogens with zero attached hydrogens (tertiary/aromatic N) is 5. The van der Waals surface area contributed by atoms with Gasteiger partial charge in [0, 0.05) is 40.5 Å². The molecule has 2 aromatic heterocycles. The SMILES string of the molecule is CC1CN(c2c(C=N[S+]([O-])C(C)(C)C)cc(Cl)c3c(C#N)ncn23)CCS1=O. The molecule has 28 heavy (non-hydrogen) atoms. The minimum Gasteiger partial charge on any atom is -0.591 e. The highest BCUT2D eigenvalue weighted by molar-refractivity contribution is 7.91. The van der Waals surface area contributed by atoms with Gasteiger partial charge in [-0.1, -0.05) is 16.0 Å². The molecule has 0 saturated carbocycles. The minimum atomic E-state index is -1.42. The highest BCUT2D eigenvalue weighted by Crippen LogP contribution is 2.31. The molecule has 7 nitrogen and oxygen atoms in total. The van der Waals surface area contributed by atoms with Gasteiger partial charge in [0.15, 0.2) is 5.69 Å². The van der Waals surface area contributed by atoms with Gasteiger partial charge < -0.3 is 9.45 Å². The van der Waals surface area contributed by atoms with Crippen LogP contribution in [-0.2, 0) is 22.2 Å². The molecule has 0 spiro atoms. The largest absolute Gasteiger partial charge is 0.591 e. The van der Waals surface area contributed by atoms with E-state index in [1.54, 1.807) is 23.0 Å². The molecule has 2 aromatic rings. The second-order valence-electron chi connectivity index (χ2n) is 7.63. The molecule has 3 unspecified atom stereocenters. The summed E-state index contributed by atoms with van der Waals surface area (Å²) >= 11 is 5.02. The van der Waals surface area contributed by atoms with Gasteiger partial charge in [-0.2, -0.15) is 5.26 Å². The molecule has 0 bridgehead atoms. The van der Waals surface area contributed by atoms with Crippen molar-refractivity contribution in [3.05, 3.63) is 28.7 Å². The smallest absolute Gasteiger partial charge is 0.167 e.